The van der Waals surface area contributed by atoms with E-state index < -0.39 is 0 Å². The standard InChI is InChI=1S/C14H22N2O3/c1-9-7-8-12(19-9)14(16-15)13-10(17-2)5-4-6-11(13)18-3/h4-6,9,12,14,16H,7-8,15H2,1-3H3. The molecular formula is C14H22N2O3. The zero-order chi connectivity index (χ0) is 13.8. The molecule has 5 nitrogen and oxygen atoms in total. The Kier molecular flexibility index (Phi) is 4.63. The highest BCUT2D eigenvalue weighted by Crippen LogP contribution is 2.39. The maximum Gasteiger partial charge on any atom is 0.127 e. The summed E-state index contributed by atoms with van der Waals surface area (Å²) in [4.78, 5) is 0. The Hall–Kier alpha value is -1.30. The molecule has 0 aliphatic carbocycles. The predicted octanol–water partition coefficient (Wildman–Crippen LogP) is 1.78. The lowest BCUT2D eigenvalue weighted by molar-refractivity contribution is 0.0305. The van der Waals surface area contributed by atoms with Gasteiger partial charge in [0.1, 0.15) is 11.5 Å². The molecule has 1 aliphatic rings. The minimum absolute atomic E-state index is 0.0326. The molecule has 3 unspecified atom stereocenters. The third-order valence-electron chi connectivity index (χ3n) is 3.59. The molecule has 1 aromatic rings. The van der Waals surface area contributed by atoms with Gasteiger partial charge in [-0.05, 0) is 31.9 Å². The minimum atomic E-state index is -0.143. The number of nitrogens with one attached hydrogen (secondary N) is 1. The fraction of sp³-hybridized carbons (Fsp3) is 0.571. The van der Waals surface area contributed by atoms with Gasteiger partial charge in [-0.2, -0.15) is 0 Å². The second kappa shape index (κ2) is 6.23. The van der Waals surface area contributed by atoms with Gasteiger partial charge in [0, 0.05) is 0 Å². The summed E-state index contributed by atoms with van der Waals surface area (Å²) in [6, 6.07) is 5.56. The van der Waals surface area contributed by atoms with Gasteiger partial charge >= 0.3 is 0 Å². The molecule has 0 amide bonds. The van der Waals surface area contributed by atoms with Gasteiger partial charge in [0.25, 0.3) is 0 Å². The van der Waals surface area contributed by atoms with E-state index in [2.05, 4.69) is 12.3 Å². The van der Waals surface area contributed by atoms with Crippen LogP contribution >= 0.6 is 0 Å². The van der Waals surface area contributed by atoms with E-state index in [9.17, 15) is 0 Å². The van der Waals surface area contributed by atoms with Crippen LogP contribution in [0.5, 0.6) is 11.5 Å². The Bertz CT molecular complexity index is 403. The van der Waals surface area contributed by atoms with E-state index in [1.54, 1.807) is 14.2 Å². The van der Waals surface area contributed by atoms with E-state index in [0.717, 1.165) is 29.9 Å². The summed E-state index contributed by atoms with van der Waals surface area (Å²) in [5.74, 6) is 7.25. The van der Waals surface area contributed by atoms with Crippen LogP contribution in [-0.2, 0) is 4.74 Å². The molecule has 3 atom stereocenters. The summed E-state index contributed by atoms with van der Waals surface area (Å²) in [5, 5.41) is 0. The molecule has 0 saturated carbocycles. The van der Waals surface area contributed by atoms with Crippen LogP contribution in [0.2, 0.25) is 0 Å². The number of hydrogen-bond donors (Lipinski definition) is 2. The zero-order valence-electron chi connectivity index (χ0n) is 11.7. The van der Waals surface area contributed by atoms with Gasteiger partial charge in [0.15, 0.2) is 0 Å². The Morgan fingerprint density at radius 1 is 1.26 bits per heavy atom. The number of hydrogen-bond acceptors (Lipinski definition) is 5. The highest BCUT2D eigenvalue weighted by Gasteiger charge is 2.33. The van der Waals surface area contributed by atoms with E-state index in [4.69, 9.17) is 20.1 Å². The zero-order valence-corrected chi connectivity index (χ0v) is 11.7. The van der Waals surface area contributed by atoms with Crippen molar-refractivity contribution in [3.8, 4) is 11.5 Å². The molecule has 1 aromatic carbocycles. The lowest BCUT2D eigenvalue weighted by atomic mass is 9.97. The molecule has 19 heavy (non-hydrogen) atoms. The second-order valence-corrected chi connectivity index (χ2v) is 4.78. The summed E-state index contributed by atoms with van der Waals surface area (Å²) in [6.45, 7) is 2.08. The molecule has 1 saturated heterocycles. The third-order valence-corrected chi connectivity index (χ3v) is 3.59. The van der Waals surface area contributed by atoms with Gasteiger partial charge in [-0.1, -0.05) is 6.07 Å². The van der Waals surface area contributed by atoms with Crippen LogP contribution in [0, 0.1) is 0 Å². The topological polar surface area (TPSA) is 65.7 Å². The van der Waals surface area contributed by atoms with Crippen molar-refractivity contribution in [1.29, 1.82) is 0 Å². The smallest absolute Gasteiger partial charge is 0.127 e. The highest BCUT2D eigenvalue weighted by atomic mass is 16.5. The first-order valence-electron chi connectivity index (χ1n) is 6.53. The van der Waals surface area contributed by atoms with Crippen molar-refractivity contribution in [2.45, 2.75) is 38.0 Å². The van der Waals surface area contributed by atoms with Crippen LogP contribution in [0.25, 0.3) is 0 Å². The van der Waals surface area contributed by atoms with Crippen LogP contribution in [0.3, 0.4) is 0 Å². The SMILES string of the molecule is COc1cccc(OC)c1C(NN)C1CCC(C)O1. The summed E-state index contributed by atoms with van der Waals surface area (Å²) in [5.41, 5.74) is 3.76. The second-order valence-electron chi connectivity index (χ2n) is 4.78. The van der Waals surface area contributed by atoms with E-state index in [-0.39, 0.29) is 18.2 Å². The van der Waals surface area contributed by atoms with Gasteiger partial charge in [-0.3, -0.25) is 11.3 Å². The van der Waals surface area contributed by atoms with Crippen molar-refractivity contribution in [3.63, 3.8) is 0 Å². The Morgan fingerprint density at radius 3 is 2.32 bits per heavy atom. The summed E-state index contributed by atoms with van der Waals surface area (Å²) in [6.07, 6.45) is 2.31. The lowest BCUT2D eigenvalue weighted by Gasteiger charge is -2.26. The van der Waals surface area contributed by atoms with Gasteiger partial charge in [-0.25, -0.2) is 0 Å². The number of ether oxygens (including phenoxy) is 3. The average Bonchev–Trinajstić information content (AvgIpc) is 2.86. The molecule has 5 heteroatoms. The van der Waals surface area contributed by atoms with E-state index in [0.29, 0.717) is 0 Å². The van der Waals surface area contributed by atoms with E-state index in [1.165, 1.54) is 0 Å². The molecule has 0 aromatic heterocycles. The maximum absolute atomic E-state index is 5.91. The summed E-state index contributed by atoms with van der Waals surface area (Å²) < 4.78 is 16.8. The molecule has 0 bridgehead atoms. The van der Waals surface area contributed by atoms with Gasteiger partial charge in [0.2, 0.25) is 0 Å². The summed E-state index contributed by atoms with van der Waals surface area (Å²) in [7, 11) is 3.29. The molecule has 0 spiro atoms. The Balaban J connectivity index is 2.36. The van der Waals surface area contributed by atoms with Crippen molar-refractivity contribution in [2.24, 2.45) is 5.84 Å². The fourth-order valence-corrected chi connectivity index (χ4v) is 2.64. The van der Waals surface area contributed by atoms with Crippen LogP contribution in [0.15, 0.2) is 18.2 Å². The quantitative estimate of drug-likeness (QED) is 0.628. The van der Waals surface area contributed by atoms with Crippen LogP contribution in [0.1, 0.15) is 31.4 Å². The molecule has 0 radical (unpaired) electrons. The van der Waals surface area contributed by atoms with Crippen molar-refractivity contribution < 1.29 is 14.2 Å². The van der Waals surface area contributed by atoms with E-state index >= 15 is 0 Å². The van der Waals surface area contributed by atoms with Gasteiger partial charge in [-0.15, -0.1) is 0 Å². The fourth-order valence-electron chi connectivity index (χ4n) is 2.64. The number of methoxy groups -OCH3 is 2. The number of hydrazine groups is 1. The van der Waals surface area contributed by atoms with Crippen molar-refractivity contribution in [3.05, 3.63) is 23.8 Å². The molecule has 2 rings (SSSR count). The highest BCUT2D eigenvalue weighted by molar-refractivity contribution is 5.47. The minimum Gasteiger partial charge on any atom is -0.496 e. The molecule has 1 fully saturated rings. The normalized spacial score (nSPS) is 24.2. The Labute approximate surface area is 114 Å². The van der Waals surface area contributed by atoms with Crippen molar-refractivity contribution >= 4 is 0 Å². The van der Waals surface area contributed by atoms with Crippen LogP contribution < -0.4 is 20.7 Å². The number of nitrogens with two attached hydrogens (primary N) is 1. The van der Waals surface area contributed by atoms with Gasteiger partial charge < -0.3 is 14.2 Å². The molecule has 106 valence electrons. The third kappa shape index (κ3) is 2.83. The summed E-state index contributed by atoms with van der Waals surface area (Å²) >= 11 is 0. The lowest BCUT2D eigenvalue weighted by Crippen LogP contribution is -2.37. The van der Waals surface area contributed by atoms with Crippen LogP contribution in [0.4, 0.5) is 0 Å². The number of benzene rings is 1. The molecule has 1 heterocycles. The maximum atomic E-state index is 5.91. The average molecular weight is 266 g/mol. The monoisotopic (exact) mass is 266 g/mol. The van der Waals surface area contributed by atoms with Crippen molar-refractivity contribution in [1.82, 2.24) is 5.43 Å². The first-order valence-corrected chi connectivity index (χ1v) is 6.53. The first kappa shape index (κ1) is 14.1. The molecule has 3 N–H and O–H groups in total. The number of rotatable bonds is 5. The molecule has 1 aliphatic heterocycles. The Morgan fingerprint density at radius 2 is 1.89 bits per heavy atom. The molecular weight excluding hydrogens is 244 g/mol. The van der Waals surface area contributed by atoms with Crippen LogP contribution in [-0.4, -0.2) is 26.4 Å². The van der Waals surface area contributed by atoms with E-state index in [1.807, 2.05) is 18.2 Å². The first-order chi connectivity index (χ1) is 9.21. The van der Waals surface area contributed by atoms with Crippen molar-refractivity contribution in [2.75, 3.05) is 14.2 Å². The predicted molar refractivity (Wildman–Crippen MR) is 73.2 cm³/mol. The largest absolute Gasteiger partial charge is 0.496 e. The van der Waals surface area contributed by atoms with Gasteiger partial charge in [0.05, 0.1) is 38.0 Å².